The molecule has 1 aromatic rings. The highest BCUT2D eigenvalue weighted by Gasteiger charge is 2.34. The van der Waals surface area contributed by atoms with Crippen LogP contribution >= 0.6 is 0 Å². The number of rotatable bonds is 1. The summed E-state index contributed by atoms with van der Waals surface area (Å²) in [5, 5.41) is 0. The second-order valence-electron chi connectivity index (χ2n) is 4.03. The van der Waals surface area contributed by atoms with E-state index in [0.29, 0.717) is 0 Å². The van der Waals surface area contributed by atoms with Crippen molar-refractivity contribution in [1.82, 2.24) is 0 Å². The Morgan fingerprint density at radius 2 is 1.88 bits per heavy atom. The van der Waals surface area contributed by atoms with Gasteiger partial charge >= 0.3 is 0 Å². The summed E-state index contributed by atoms with van der Waals surface area (Å²) < 4.78 is 39.5. The lowest BCUT2D eigenvalue weighted by atomic mass is 10.1. The molecule has 1 heterocycles. The highest BCUT2D eigenvalue weighted by Crippen LogP contribution is 2.35. The molecular formula is C11H10F3NO. The van der Waals surface area contributed by atoms with Crippen LogP contribution in [0.1, 0.15) is 19.4 Å². The van der Waals surface area contributed by atoms with Gasteiger partial charge in [-0.15, -0.1) is 0 Å². The maximum absolute atomic E-state index is 13.5. The van der Waals surface area contributed by atoms with Crippen LogP contribution in [0.2, 0.25) is 0 Å². The summed E-state index contributed by atoms with van der Waals surface area (Å²) in [6.45, 7) is 3.38. The molecule has 0 aromatic heterocycles. The summed E-state index contributed by atoms with van der Waals surface area (Å²) in [6.07, 6.45) is -0.0817. The largest absolute Gasteiger partial charge is 0.306 e. The van der Waals surface area contributed by atoms with Crippen LogP contribution in [0.15, 0.2) is 6.07 Å². The monoisotopic (exact) mass is 229 g/mol. The summed E-state index contributed by atoms with van der Waals surface area (Å²) in [4.78, 5) is 12.7. The topological polar surface area (TPSA) is 20.3 Å². The normalized spacial score (nSPS) is 14.9. The number of nitrogens with zero attached hydrogens (tertiary/aromatic N) is 1. The van der Waals surface area contributed by atoms with Crippen molar-refractivity contribution >= 4 is 11.6 Å². The van der Waals surface area contributed by atoms with Crippen molar-refractivity contribution in [3.05, 3.63) is 29.1 Å². The zero-order chi connectivity index (χ0) is 12.0. The van der Waals surface area contributed by atoms with Gasteiger partial charge < -0.3 is 4.90 Å². The van der Waals surface area contributed by atoms with Crippen molar-refractivity contribution in [2.75, 3.05) is 4.90 Å². The van der Waals surface area contributed by atoms with E-state index in [1.165, 1.54) is 0 Å². The fourth-order valence-electron chi connectivity index (χ4n) is 1.95. The van der Waals surface area contributed by atoms with Crippen LogP contribution in [0.5, 0.6) is 0 Å². The Hall–Kier alpha value is -1.52. The number of halogens is 3. The van der Waals surface area contributed by atoms with Crippen molar-refractivity contribution in [2.45, 2.75) is 26.3 Å². The van der Waals surface area contributed by atoms with Crippen LogP contribution in [0.25, 0.3) is 0 Å². The molecule has 1 aromatic carbocycles. The van der Waals surface area contributed by atoms with Gasteiger partial charge in [0.15, 0.2) is 17.5 Å². The maximum atomic E-state index is 13.5. The third-order valence-corrected chi connectivity index (χ3v) is 2.58. The minimum atomic E-state index is -1.53. The first kappa shape index (κ1) is 11.0. The van der Waals surface area contributed by atoms with Gasteiger partial charge in [0.25, 0.3) is 0 Å². The van der Waals surface area contributed by atoms with E-state index in [4.69, 9.17) is 0 Å². The van der Waals surface area contributed by atoms with E-state index in [1.807, 2.05) is 0 Å². The zero-order valence-corrected chi connectivity index (χ0v) is 8.85. The van der Waals surface area contributed by atoms with Crippen LogP contribution in [-0.2, 0) is 11.2 Å². The second-order valence-corrected chi connectivity index (χ2v) is 4.03. The zero-order valence-electron chi connectivity index (χ0n) is 8.85. The Balaban J connectivity index is 2.65. The number of fused-ring (bicyclic) bond motifs is 1. The first-order valence-corrected chi connectivity index (χ1v) is 4.92. The average Bonchev–Trinajstić information content (AvgIpc) is 2.51. The number of benzene rings is 1. The predicted octanol–water partition coefficient (Wildman–Crippen LogP) is 2.40. The van der Waals surface area contributed by atoms with Crippen molar-refractivity contribution in [3.63, 3.8) is 0 Å². The average molecular weight is 229 g/mol. The van der Waals surface area contributed by atoms with Crippen LogP contribution in [-0.4, -0.2) is 11.9 Å². The molecule has 2 rings (SSSR count). The number of hydrogen-bond donors (Lipinski definition) is 0. The molecule has 0 aliphatic carbocycles. The molecule has 0 spiro atoms. The van der Waals surface area contributed by atoms with E-state index in [2.05, 4.69) is 0 Å². The number of carbonyl (C=O) groups excluding carboxylic acids is 1. The standard InChI is InChI=1S/C11H10F3NO/c1-5(2)15-8(16)4-6-3-7(12)9(13)10(14)11(6)15/h3,5H,4H2,1-2H3. The lowest BCUT2D eigenvalue weighted by molar-refractivity contribution is -0.117. The van der Waals surface area contributed by atoms with Crippen LogP contribution < -0.4 is 4.90 Å². The van der Waals surface area contributed by atoms with E-state index < -0.39 is 17.5 Å². The predicted molar refractivity (Wildman–Crippen MR) is 52.6 cm³/mol. The lowest BCUT2D eigenvalue weighted by Gasteiger charge is -2.22. The van der Waals surface area contributed by atoms with Crippen molar-refractivity contribution < 1.29 is 18.0 Å². The first-order valence-electron chi connectivity index (χ1n) is 4.92. The van der Waals surface area contributed by atoms with Gasteiger partial charge in [-0.3, -0.25) is 4.79 Å². The van der Waals surface area contributed by atoms with E-state index >= 15 is 0 Å². The van der Waals surface area contributed by atoms with Gasteiger partial charge in [-0.1, -0.05) is 0 Å². The van der Waals surface area contributed by atoms with E-state index in [-0.39, 0.29) is 29.6 Å². The molecule has 0 atom stereocenters. The highest BCUT2D eigenvalue weighted by molar-refractivity contribution is 6.02. The minimum absolute atomic E-state index is 0.0817. The molecule has 1 amide bonds. The molecule has 0 saturated heterocycles. The van der Waals surface area contributed by atoms with Gasteiger partial charge in [0.05, 0.1) is 12.1 Å². The van der Waals surface area contributed by atoms with E-state index in [9.17, 15) is 18.0 Å². The number of hydrogen-bond acceptors (Lipinski definition) is 1. The second kappa shape index (κ2) is 3.50. The number of carbonyl (C=O) groups is 1. The Bertz CT molecular complexity index is 471. The molecule has 0 fully saturated rings. The summed E-state index contributed by atoms with van der Waals surface area (Å²) in [6, 6.07) is 0.599. The SMILES string of the molecule is CC(C)N1C(=O)Cc2cc(F)c(F)c(F)c21. The molecule has 0 unspecified atom stereocenters. The van der Waals surface area contributed by atoms with Gasteiger partial charge in [0.1, 0.15) is 0 Å². The van der Waals surface area contributed by atoms with Crippen LogP contribution in [0.3, 0.4) is 0 Å². The van der Waals surface area contributed by atoms with Crippen molar-refractivity contribution in [1.29, 1.82) is 0 Å². The molecule has 0 bridgehead atoms. The van der Waals surface area contributed by atoms with Crippen molar-refractivity contribution in [2.24, 2.45) is 0 Å². The molecule has 16 heavy (non-hydrogen) atoms. The smallest absolute Gasteiger partial charge is 0.231 e. The van der Waals surface area contributed by atoms with E-state index in [1.54, 1.807) is 13.8 Å². The first-order chi connectivity index (χ1) is 7.43. The molecule has 86 valence electrons. The fraction of sp³-hybridized carbons (Fsp3) is 0.364. The minimum Gasteiger partial charge on any atom is -0.306 e. The summed E-state index contributed by atoms with van der Waals surface area (Å²) in [7, 11) is 0. The molecule has 1 aliphatic rings. The Kier molecular flexibility index (Phi) is 2.40. The lowest BCUT2D eigenvalue weighted by Crippen LogP contribution is -2.34. The molecule has 0 N–H and O–H groups in total. The Morgan fingerprint density at radius 3 is 2.44 bits per heavy atom. The Morgan fingerprint density at radius 1 is 1.25 bits per heavy atom. The highest BCUT2D eigenvalue weighted by atomic mass is 19.2. The quantitative estimate of drug-likeness (QED) is 0.677. The summed E-state index contributed by atoms with van der Waals surface area (Å²) in [5.74, 6) is -4.41. The van der Waals surface area contributed by atoms with Crippen molar-refractivity contribution in [3.8, 4) is 0 Å². The summed E-state index contributed by atoms with van der Waals surface area (Å²) in [5.41, 5.74) is 0.0778. The Labute approximate surface area is 90.7 Å². The van der Waals surface area contributed by atoms with Gasteiger partial charge in [-0.05, 0) is 25.5 Å². The molecule has 0 radical (unpaired) electrons. The summed E-state index contributed by atoms with van der Waals surface area (Å²) >= 11 is 0. The molecule has 2 nitrogen and oxygen atoms in total. The maximum Gasteiger partial charge on any atom is 0.231 e. The van der Waals surface area contributed by atoms with Crippen LogP contribution in [0.4, 0.5) is 18.9 Å². The van der Waals surface area contributed by atoms with Gasteiger partial charge in [-0.25, -0.2) is 13.2 Å². The van der Waals surface area contributed by atoms with Crippen LogP contribution in [0, 0.1) is 17.5 Å². The molecular weight excluding hydrogens is 219 g/mol. The molecule has 5 heteroatoms. The number of anilines is 1. The fourth-order valence-corrected chi connectivity index (χ4v) is 1.95. The third kappa shape index (κ3) is 1.38. The third-order valence-electron chi connectivity index (χ3n) is 2.58. The van der Waals surface area contributed by atoms with Gasteiger partial charge in [0, 0.05) is 6.04 Å². The molecule has 0 saturated carbocycles. The molecule has 1 aliphatic heterocycles. The van der Waals surface area contributed by atoms with E-state index in [0.717, 1.165) is 11.0 Å². The van der Waals surface area contributed by atoms with Gasteiger partial charge in [0.2, 0.25) is 5.91 Å². The van der Waals surface area contributed by atoms with Gasteiger partial charge in [-0.2, -0.15) is 0 Å². The number of amides is 1.